The summed E-state index contributed by atoms with van der Waals surface area (Å²) in [5.74, 6) is -0.117. The third kappa shape index (κ3) is 7.03. The highest BCUT2D eigenvalue weighted by molar-refractivity contribution is 5.85. The van der Waals surface area contributed by atoms with Gasteiger partial charge in [-0.1, -0.05) is 30.3 Å². The quantitative estimate of drug-likeness (QED) is 0.712. The number of hydrogen-bond acceptors (Lipinski definition) is 4. The number of hydrogen-bond donors (Lipinski definition) is 0. The van der Waals surface area contributed by atoms with Crippen LogP contribution in [0.1, 0.15) is 58.9 Å². The van der Waals surface area contributed by atoms with Crippen LogP contribution in [0.15, 0.2) is 30.3 Å². The van der Waals surface area contributed by atoms with Crippen molar-refractivity contribution in [1.82, 2.24) is 9.80 Å². The van der Waals surface area contributed by atoms with E-state index in [0.29, 0.717) is 19.3 Å². The zero-order valence-corrected chi connectivity index (χ0v) is 18.7. The fraction of sp³-hybridized carbons (Fsp3) is 0.652. The van der Waals surface area contributed by atoms with Crippen LogP contribution in [0.3, 0.4) is 0 Å². The average molecular weight is 405 g/mol. The highest BCUT2D eigenvalue weighted by atomic mass is 16.6. The van der Waals surface area contributed by atoms with Gasteiger partial charge in [0.05, 0.1) is 6.10 Å². The molecule has 2 rings (SSSR count). The second-order valence-corrected chi connectivity index (χ2v) is 8.99. The normalized spacial score (nSPS) is 20.6. The molecule has 6 heteroatoms. The molecular weight excluding hydrogens is 368 g/mol. The summed E-state index contributed by atoms with van der Waals surface area (Å²) in [5.41, 5.74) is 0.479. The maximum atomic E-state index is 13.2. The van der Waals surface area contributed by atoms with E-state index in [4.69, 9.17) is 9.47 Å². The van der Waals surface area contributed by atoms with Crippen LogP contribution < -0.4 is 0 Å². The van der Waals surface area contributed by atoms with E-state index in [-0.39, 0.29) is 12.0 Å². The first-order valence-electron chi connectivity index (χ1n) is 10.5. The molecule has 0 bridgehead atoms. The molecule has 0 unspecified atom stereocenters. The summed E-state index contributed by atoms with van der Waals surface area (Å²) in [7, 11) is 3.44. The van der Waals surface area contributed by atoms with Crippen molar-refractivity contribution in [2.75, 3.05) is 14.1 Å². The number of ether oxygens (including phenoxy) is 2. The standard InChI is InChI=1S/C23H36N2O4/c1-17-11-10-14-20(28-17)25(22(27)29-23(2,3)4)19(21(26)24(5)6)16-15-18-12-8-7-9-13-18/h7-9,12-13,17,19-20H,10-11,14-16H2,1-6H3/t17-,19+,20-/m1/s1. The Morgan fingerprint density at radius 2 is 1.83 bits per heavy atom. The summed E-state index contributed by atoms with van der Waals surface area (Å²) < 4.78 is 11.8. The van der Waals surface area contributed by atoms with Crippen molar-refractivity contribution in [3.63, 3.8) is 0 Å². The van der Waals surface area contributed by atoms with E-state index < -0.39 is 24.0 Å². The van der Waals surface area contributed by atoms with Crippen LogP contribution in [0.25, 0.3) is 0 Å². The van der Waals surface area contributed by atoms with Crippen molar-refractivity contribution in [2.45, 2.75) is 83.8 Å². The van der Waals surface area contributed by atoms with Crippen molar-refractivity contribution >= 4 is 12.0 Å². The number of rotatable bonds is 6. The maximum absolute atomic E-state index is 13.2. The highest BCUT2D eigenvalue weighted by Crippen LogP contribution is 2.27. The molecule has 0 aliphatic carbocycles. The van der Waals surface area contributed by atoms with Crippen LogP contribution in [0.2, 0.25) is 0 Å². The number of benzene rings is 1. The van der Waals surface area contributed by atoms with Crippen LogP contribution in [0.4, 0.5) is 4.79 Å². The molecule has 1 aromatic rings. The van der Waals surface area contributed by atoms with Crippen molar-refractivity contribution < 1.29 is 19.1 Å². The first-order valence-corrected chi connectivity index (χ1v) is 10.5. The Kier molecular flexibility index (Phi) is 8.08. The van der Waals surface area contributed by atoms with Crippen LogP contribution in [0.5, 0.6) is 0 Å². The van der Waals surface area contributed by atoms with Gasteiger partial charge in [-0.2, -0.15) is 0 Å². The van der Waals surface area contributed by atoms with Gasteiger partial charge in [-0.05, 0) is 65.4 Å². The minimum atomic E-state index is -0.652. The van der Waals surface area contributed by atoms with Gasteiger partial charge in [-0.25, -0.2) is 4.79 Å². The number of carbonyl (C=O) groups excluding carboxylic acids is 2. The largest absolute Gasteiger partial charge is 0.444 e. The first kappa shape index (κ1) is 23.2. The monoisotopic (exact) mass is 404 g/mol. The van der Waals surface area contributed by atoms with Gasteiger partial charge in [-0.3, -0.25) is 9.69 Å². The lowest BCUT2D eigenvalue weighted by Gasteiger charge is -2.41. The molecule has 0 spiro atoms. The molecule has 2 amide bonds. The molecule has 0 saturated carbocycles. The summed E-state index contributed by atoms with van der Waals surface area (Å²) in [6, 6.07) is 9.36. The fourth-order valence-electron chi connectivity index (χ4n) is 3.58. The molecule has 162 valence electrons. The van der Waals surface area contributed by atoms with Crippen molar-refractivity contribution in [2.24, 2.45) is 0 Å². The van der Waals surface area contributed by atoms with Crippen LogP contribution in [-0.4, -0.2) is 59.9 Å². The second kappa shape index (κ2) is 10.1. The number of likely N-dealkylation sites (N-methyl/N-ethyl adjacent to an activating group) is 1. The predicted molar refractivity (Wildman–Crippen MR) is 114 cm³/mol. The van der Waals surface area contributed by atoms with Gasteiger partial charge in [0.15, 0.2) is 0 Å². The van der Waals surface area contributed by atoms with Crippen molar-refractivity contribution in [3.8, 4) is 0 Å². The minimum absolute atomic E-state index is 0.0444. The maximum Gasteiger partial charge on any atom is 0.413 e. The molecule has 1 heterocycles. The molecule has 0 aromatic heterocycles. The van der Waals surface area contributed by atoms with Gasteiger partial charge in [-0.15, -0.1) is 0 Å². The Hall–Kier alpha value is -2.08. The lowest BCUT2D eigenvalue weighted by Crippen LogP contribution is -2.57. The smallest absolute Gasteiger partial charge is 0.413 e. The fourth-order valence-corrected chi connectivity index (χ4v) is 3.58. The third-order valence-electron chi connectivity index (χ3n) is 4.98. The molecule has 0 radical (unpaired) electrons. The lowest BCUT2D eigenvalue weighted by atomic mass is 10.0. The van der Waals surface area contributed by atoms with Gasteiger partial charge in [0.25, 0.3) is 0 Å². The zero-order valence-electron chi connectivity index (χ0n) is 18.7. The first-order chi connectivity index (χ1) is 13.6. The molecule has 1 aliphatic heterocycles. The zero-order chi connectivity index (χ0) is 21.6. The number of amides is 2. The highest BCUT2D eigenvalue weighted by Gasteiger charge is 2.40. The molecule has 1 fully saturated rings. The summed E-state index contributed by atoms with van der Waals surface area (Å²) in [6.45, 7) is 7.51. The van der Waals surface area contributed by atoms with Gasteiger partial charge in [0, 0.05) is 14.1 Å². The molecule has 1 aliphatic rings. The predicted octanol–water partition coefficient (Wildman–Crippen LogP) is 4.23. The topological polar surface area (TPSA) is 59.1 Å². The van der Waals surface area contributed by atoms with E-state index in [1.165, 1.54) is 0 Å². The Morgan fingerprint density at radius 3 is 2.38 bits per heavy atom. The SMILES string of the molecule is C[C@@H]1CCC[C@H](N(C(=O)OC(C)(C)C)[C@@H](CCc2ccccc2)C(=O)N(C)C)O1. The summed E-state index contributed by atoms with van der Waals surface area (Å²) >= 11 is 0. The summed E-state index contributed by atoms with van der Waals surface area (Å²) in [4.78, 5) is 29.4. The van der Waals surface area contributed by atoms with Crippen LogP contribution >= 0.6 is 0 Å². The van der Waals surface area contributed by atoms with Gasteiger partial charge in [0.2, 0.25) is 5.91 Å². The molecular formula is C23H36N2O4. The molecule has 0 N–H and O–H groups in total. The molecule has 1 saturated heterocycles. The molecule has 1 aromatic carbocycles. The van der Waals surface area contributed by atoms with E-state index in [9.17, 15) is 9.59 Å². The molecule has 6 nitrogen and oxygen atoms in total. The van der Waals surface area contributed by atoms with E-state index in [1.807, 2.05) is 58.0 Å². The van der Waals surface area contributed by atoms with E-state index in [1.54, 1.807) is 23.9 Å². The third-order valence-corrected chi connectivity index (χ3v) is 4.98. The molecule has 29 heavy (non-hydrogen) atoms. The van der Waals surface area contributed by atoms with Crippen molar-refractivity contribution in [3.05, 3.63) is 35.9 Å². The van der Waals surface area contributed by atoms with Crippen LogP contribution in [0, 0.1) is 0 Å². The number of nitrogens with zero attached hydrogens (tertiary/aromatic N) is 2. The average Bonchev–Trinajstić information content (AvgIpc) is 2.63. The van der Waals surface area contributed by atoms with Crippen molar-refractivity contribution in [1.29, 1.82) is 0 Å². The molecule has 3 atom stereocenters. The van der Waals surface area contributed by atoms with Gasteiger partial charge < -0.3 is 14.4 Å². The van der Waals surface area contributed by atoms with Crippen LogP contribution in [-0.2, 0) is 20.7 Å². The lowest BCUT2D eigenvalue weighted by molar-refractivity contribution is -0.154. The summed E-state index contributed by atoms with van der Waals surface area (Å²) in [6.07, 6.45) is 2.89. The van der Waals surface area contributed by atoms with E-state index in [0.717, 1.165) is 18.4 Å². The Balaban J connectivity index is 2.32. The number of carbonyl (C=O) groups is 2. The van der Waals surface area contributed by atoms with Gasteiger partial charge >= 0.3 is 6.09 Å². The Morgan fingerprint density at radius 1 is 1.17 bits per heavy atom. The van der Waals surface area contributed by atoms with E-state index in [2.05, 4.69) is 0 Å². The Labute approximate surface area is 175 Å². The number of aryl methyl sites for hydroxylation is 1. The summed E-state index contributed by atoms with van der Waals surface area (Å²) in [5, 5.41) is 0. The Bertz CT molecular complexity index is 669. The van der Waals surface area contributed by atoms with Gasteiger partial charge in [0.1, 0.15) is 17.9 Å². The second-order valence-electron chi connectivity index (χ2n) is 8.99. The van der Waals surface area contributed by atoms with E-state index >= 15 is 0 Å². The minimum Gasteiger partial charge on any atom is -0.444 e.